The molecule has 0 nitrogen and oxygen atoms in total. The smallest absolute Gasteiger partial charge is 2.00 e. The van der Waals surface area contributed by atoms with Crippen molar-refractivity contribution in [1.82, 2.24) is 0 Å². The third-order valence-electron chi connectivity index (χ3n) is 0. The monoisotopic (exact) mass is 584 g/mol. The van der Waals surface area contributed by atoms with E-state index in [1.165, 1.54) is 0 Å². The van der Waals surface area contributed by atoms with Crippen LogP contribution in [0, 0.1) is 0 Å². The summed E-state index contributed by atoms with van der Waals surface area (Å²) in [5.74, 6) is 0. The Kier molecular flexibility index (Phi) is 111. The van der Waals surface area contributed by atoms with Gasteiger partial charge in [-0.1, -0.05) is 0 Å². The van der Waals surface area contributed by atoms with Crippen LogP contribution in [0.5, 0.6) is 0 Å². The fraction of sp³-hybridized carbons (Fsp3) is 0. The van der Waals surface area contributed by atoms with E-state index in [1.54, 1.807) is 0 Å². The molecule has 0 N–H and O–H groups in total. The van der Waals surface area contributed by atoms with E-state index in [1.807, 2.05) is 0 Å². The first-order chi connectivity index (χ1) is 0. The molecule has 4 heavy (non-hydrogen) atoms. The van der Waals surface area contributed by atoms with Gasteiger partial charge >= 0.3 is 51.2 Å². The van der Waals surface area contributed by atoms with E-state index in [2.05, 4.69) is 0 Å². The quantitative estimate of drug-likeness (QED) is 0.197. The maximum absolute atomic E-state index is 0. The molecule has 0 spiro atoms. The van der Waals surface area contributed by atoms with Crippen molar-refractivity contribution in [2.75, 3.05) is 0 Å². The van der Waals surface area contributed by atoms with Gasteiger partial charge < -0.3 is 48.0 Å². The fourth-order valence-electron chi connectivity index (χ4n) is 0. The van der Waals surface area contributed by atoms with Crippen molar-refractivity contribution < 1.29 is 48.0 Å². The van der Waals surface area contributed by atoms with Gasteiger partial charge in [-0.3, -0.25) is 0 Å². The molecule has 24 valence electrons. The van der Waals surface area contributed by atoms with Gasteiger partial charge in [-0.25, -0.2) is 0 Å². The van der Waals surface area contributed by atoms with Crippen LogP contribution < -0.4 is 48.0 Å². The molecule has 0 rings (SSSR count). The predicted octanol–water partition coefficient (Wildman–Crippen LogP) is -7.29. The standard InChI is InChI=1S/2HI.Pb.Sn.2H/h2*1H;;;;/q;;;+2;;/p-2. The summed E-state index contributed by atoms with van der Waals surface area (Å²) >= 11 is 0. The molecule has 0 aromatic heterocycles. The minimum absolute atomic E-state index is 0. The molecule has 0 aliphatic carbocycles. The molecular formula is H2I2PbSn. The van der Waals surface area contributed by atoms with E-state index in [4.69, 9.17) is 0 Å². The summed E-state index contributed by atoms with van der Waals surface area (Å²) in [6.07, 6.45) is 0. The first-order valence-electron chi connectivity index (χ1n) is 0. The Bertz CT molecular complexity index is 6.00. The van der Waals surface area contributed by atoms with Crippen molar-refractivity contribution in [3.63, 3.8) is 0 Å². The van der Waals surface area contributed by atoms with Gasteiger partial charge in [0.1, 0.15) is 0 Å². The van der Waals surface area contributed by atoms with Crippen molar-refractivity contribution >= 4 is 51.2 Å². The molecule has 0 aliphatic rings. The summed E-state index contributed by atoms with van der Waals surface area (Å²) in [7, 11) is 0. The largest absolute Gasteiger partial charge is 2.00 e. The normalized spacial score (nSPS) is 0. The molecule has 0 saturated carbocycles. The van der Waals surface area contributed by atoms with Crippen molar-refractivity contribution in [1.29, 1.82) is 0 Å². The summed E-state index contributed by atoms with van der Waals surface area (Å²) in [5, 5.41) is 0. The van der Waals surface area contributed by atoms with Crippen LogP contribution in [0.3, 0.4) is 0 Å². The summed E-state index contributed by atoms with van der Waals surface area (Å²) in [5.41, 5.74) is 0. The molecule has 0 heterocycles. The molecule has 0 saturated heterocycles. The Morgan fingerprint density at radius 3 is 0.750 bits per heavy atom. The van der Waals surface area contributed by atoms with Crippen molar-refractivity contribution in [3.8, 4) is 0 Å². The molecule has 0 aliphatic heterocycles. The molecule has 0 amide bonds. The van der Waals surface area contributed by atoms with Crippen LogP contribution in [-0.2, 0) is 0 Å². The van der Waals surface area contributed by atoms with E-state index in [0.29, 0.717) is 0 Å². The molecule has 4 heteroatoms. The maximum Gasteiger partial charge on any atom is 2.00 e. The number of halogens is 2. The number of rotatable bonds is 0. The van der Waals surface area contributed by atoms with Gasteiger partial charge in [0, 0.05) is 0 Å². The van der Waals surface area contributed by atoms with E-state index < -0.39 is 0 Å². The minimum Gasteiger partial charge on any atom is 2.00 e. The van der Waals surface area contributed by atoms with Crippen molar-refractivity contribution in [2.45, 2.75) is 0 Å². The van der Waals surface area contributed by atoms with E-state index >= 15 is 0 Å². The first-order valence-corrected chi connectivity index (χ1v) is 0. The summed E-state index contributed by atoms with van der Waals surface area (Å²) in [6, 6.07) is 0. The second-order valence-corrected chi connectivity index (χ2v) is 0. The zero-order valence-corrected chi connectivity index (χ0v) is 14.6. The van der Waals surface area contributed by atoms with Gasteiger partial charge in [0.05, 0.1) is 0 Å². The second-order valence-electron chi connectivity index (χ2n) is 0. The molecular weight excluding hydrogens is 580 g/mol. The molecule has 0 unspecified atom stereocenters. The summed E-state index contributed by atoms with van der Waals surface area (Å²) < 4.78 is 0. The molecule has 0 fully saturated rings. The Morgan fingerprint density at radius 2 is 0.750 bits per heavy atom. The van der Waals surface area contributed by atoms with Crippen LogP contribution in [0.15, 0.2) is 0 Å². The zero-order valence-electron chi connectivity index (χ0n) is 1.96. The average Bonchev–Trinajstić information content (AvgIpc) is 0. The van der Waals surface area contributed by atoms with Crippen LogP contribution in [-0.4, -0.2) is 51.2 Å². The Balaban J connectivity index is 0. The van der Waals surface area contributed by atoms with Crippen LogP contribution in [0.25, 0.3) is 0 Å². The Morgan fingerprint density at radius 1 is 0.750 bits per heavy atom. The fourth-order valence-corrected chi connectivity index (χ4v) is 0. The van der Waals surface area contributed by atoms with Crippen LogP contribution in [0.4, 0.5) is 0 Å². The van der Waals surface area contributed by atoms with Crippen LogP contribution >= 0.6 is 0 Å². The summed E-state index contributed by atoms with van der Waals surface area (Å²) in [6.45, 7) is 0. The second kappa shape index (κ2) is 16.4. The summed E-state index contributed by atoms with van der Waals surface area (Å²) in [4.78, 5) is 0. The predicted molar refractivity (Wildman–Crippen MR) is 14.3 cm³/mol. The number of hydrogen-bond acceptors (Lipinski definition) is 0. The van der Waals surface area contributed by atoms with Gasteiger partial charge in [-0.05, 0) is 0 Å². The Labute approximate surface area is 97.0 Å². The van der Waals surface area contributed by atoms with Gasteiger partial charge in [-0.2, -0.15) is 0 Å². The first kappa shape index (κ1) is 27.1. The minimum atomic E-state index is 0. The number of hydrogen-bond donors (Lipinski definition) is 0. The molecule has 0 aromatic carbocycles. The van der Waals surface area contributed by atoms with Crippen LogP contribution in [0.1, 0.15) is 0 Å². The van der Waals surface area contributed by atoms with Crippen molar-refractivity contribution in [3.05, 3.63) is 0 Å². The van der Waals surface area contributed by atoms with E-state index in [-0.39, 0.29) is 99.2 Å². The van der Waals surface area contributed by atoms with Gasteiger partial charge in [0.2, 0.25) is 0 Å². The van der Waals surface area contributed by atoms with Crippen molar-refractivity contribution in [2.24, 2.45) is 0 Å². The topological polar surface area (TPSA) is 0 Å². The molecule has 4 radical (unpaired) electrons. The molecule has 0 atom stereocenters. The van der Waals surface area contributed by atoms with E-state index in [0.717, 1.165) is 0 Å². The van der Waals surface area contributed by atoms with Gasteiger partial charge in [-0.15, -0.1) is 0 Å². The molecule has 0 bridgehead atoms. The van der Waals surface area contributed by atoms with E-state index in [9.17, 15) is 0 Å². The van der Waals surface area contributed by atoms with Gasteiger partial charge in [0.25, 0.3) is 0 Å². The van der Waals surface area contributed by atoms with Gasteiger partial charge in [0.15, 0.2) is 0 Å². The molecule has 0 aromatic rings. The Hall–Kier alpha value is 3.18. The third kappa shape index (κ3) is 8.95. The SMILES string of the molecule is [I-].[I-].[PbH2].[Sn+2]. The third-order valence-corrected chi connectivity index (χ3v) is 0. The zero-order chi connectivity index (χ0) is 0. The van der Waals surface area contributed by atoms with Crippen LogP contribution in [0.2, 0.25) is 0 Å². The average molecular weight is 582 g/mol. The maximum atomic E-state index is 0.